The van der Waals surface area contributed by atoms with Crippen LogP contribution < -0.4 is 9.47 Å². The van der Waals surface area contributed by atoms with Crippen molar-refractivity contribution in [2.75, 3.05) is 0 Å². The van der Waals surface area contributed by atoms with Gasteiger partial charge in [0.1, 0.15) is 17.1 Å². The fourth-order valence-electron chi connectivity index (χ4n) is 1.10. The molecule has 1 aromatic carbocycles. The fraction of sp³-hybridized carbons (Fsp3) is 0.417. The molecule has 0 saturated heterocycles. The lowest BCUT2D eigenvalue weighted by Gasteiger charge is -2.18. The predicted molar refractivity (Wildman–Crippen MR) is 60.0 cm³/mol. The van der Waals surface area contributed by atoms with Crippen molar-refractivity contribution in [3.8, 4) is 11.5 Å². The molecule has 0 bridgehead atoms. The Morgan fingerprint density at radius 1 is 1.11 bits per heavy atom. The Labute approximate surface area is 108 Å². The van der Waals surface area contributed by atoms with E-state index >= 15 is 0 Å². The number of ether oxygens (including phenoxy) is 3. The lowest BCUT2D eigenvalue weighted by atomic mass is 10.2. The Kier molecular flexibility index (Phi) is 4.28. The van der Waals surface area contributed by atoms with Gasteiger partial charge in [-0.3, -0.25) is 0 Å². The molecule has 0 radical (unpaired) electrons. The maximum absolute atomic E-state index is 12.0. The van der Waals surface area contributed by atoms with Gasteiger partial charge in [0.15, 0.2) is 0 Å². The monoisotopic (exact) mass is 278 g/mol. The molecule has 0 aromatic heterocycles. The van der Waals surface area contributed by atoms with Crippen molar-refractivity contribution in [3.05, 3.63) is 24.3 Å². The van der Waals surface area contributed by atoms with E-state index in [2.05, 4.69) is 4.74 Å². The van der Waals surface area contributed by atoms with Crippen molar-refractivity contribution < 1.29 is 32.2 Å². The Hall–Kier alpha value is -1.92. The first-order valence-electron chi connectivity index (χ1n) is 5.32. The molecule has 19 heavy (non-hydrogen) atoms. The normalized spacial score (nSPS) is 11.9. The summed E-state index contributed by atoms with van der Waals surface area (Å²) in [4.78, 5) is 11.3. The van der Waals surface area contributed by atoms with E-state index in [0.717, 1.165) is 12.1 Å². The highest BCUT2D eigenvalue weighted by molar-refractivity contribution is 5.64. The third-order valence-electron chi connectivity index (χ3n) is 1.63. The summed E-state index contributed by atoms with van der Waals surface area (Å²) in [5.41, 5.74) is -0.753. The lowest BCUT2D eigenvalue weighted by Crippen LogP contribution is -2.26. The minimum atomic E-state index is -4.80. The Morgan fingerprint density at radius 3 is 2.21 bits per heavy atom. The van der Waals surface area contributed by atoms with Crippen LogP contribution in [0.3, 0.4) is 0 Å². The van der Waals surface area contributed by atoms with Crippen LogP contribution in [0.5, 0.6) is 11.5 Å². The maximum Gasteiger partial charge on any atom is 0.573 e. The second-order valence-corrected chi connectivity index (χ2v) is 4.59. The molecule has 1 rings (SSSR count). The predicted octanol–water partition coefficient (Wildman–Crippen LogP) is 3.90. The van der Waals surface area contributed by atoms with Gasteiger partial charge in [0.2, 0.25) is 0 Å². The molecule has 0 atom stereocenters. The van der Waals surface area contributed by atoms with Crippen LogP contribution in [0.25, 0.3) is 0 Å². The Bertz CT molecular complexity index is 449. The van der Waals surface area contributed by atoms with Gasteiger partial charge < -0.3 is 14.2 Å². The third kappa shape index (κ3) is 6.54. The van der Waals surface area contributed by atoms with Gasteiger partial charge in [-0.05, 0) is 32.9 Å². The van der Waals surface area contributed by atoms with Crippen molar-refractivity contribution in [1.82, 2.24) is 0 Å². The van der Waals surface area contributed by atoms with E-state index in [1.165, 1.54) is 12.1 Å². The summed E-state index contributed by atoms with van der Waals surface area (Å²) in [5, 5.41) is 0. The second-order valence-electron chi connectivity index (χ2n) is 4.59. The highest BCUT2D eigenvalue weighted by atomic mass is 19.4. The van der Waals surface area contributed by atoms with Crippen molar-refractivity contribution in [2.45, 2.75) is 32.7 Å². The molecule has 0 N–H and O–H groups in total. The number of benzene rings is 1. The number of alkyl halides is 3. The van der Waals surface area contributed by atoms with Crippen LogP contribution in [0.4, 0.5) is 18.0 Å². The molecule has 0 amide bonds. The number of rotatable bonds is 2. The summed E-state index contributed by atoms with van der Waals surface area (Å²) < 4.78 is 49.3. The number of carbonyl (C=O) groups excluding carboxylic acids is 1. The smallest absolute Gasteiger partial charge is 0.428 e. The molecule has 4 nitrogen and oxygen atoms in total. The first-order valence-corrected chi connectivity index (χ1v) is 5.32. The van der Waals surface area contributed by atoms with E-state index in [-0.39, 0.29) is 5.75 Å². The molecule has 0 heterocycles. The first-order chi connectivity index (χ1) is 8.55. The zero-order valence-electron chi connectivity index (χ0n) is 10.6. The molecule has 0 aliphatic rings. The average Bonchev–Trinajstić information content (AvgIpc) is 2.11. The summed E-state index contributed by atoms with van der Waals surface area (Å²) in [7, 11) is 0. The van der Waals surface area contributed by atoms with E-state index in [0.29, 0.717) is 0 Å². The van der Waals surface area contributed by atoms with Crippen LogP contribution >= 0.6 is 0 Å². The zero-order valence-corrected chi connectivity index (χ0v) is 10.6. The van der Waals surface area contributed by atoms with Crippen molar-refractivity contribution in [2.24, 2.45) is 0 Å². The highest BCUT2D eigenvalue weighted by Gasteiger charge is 2.31. The molecular formula is C12H13F3O4. The van der Waals surface area contributed by atoms with Crippen LogP contribution in [-0.2, 0) is 4.74 Å². The van der Waals surface area contributed by atoms with E-state index in [1.54, 1.807) is 20.8 Å². The second kappa shape index (κ2) is 5.38. The van der Waals surface area contributed by atoms with Crippen LogP contribution in [-0.4, -0.2) is 18.1 Å². The zero-order chi connectivity index (χ0) is 14.7. The molecular weight excluding hydrogens is 265 g/mol. The van der Waals surface area contributed by atoms with Gasteiger partial charge in [0.25, 0.3) is 0 Å². The van der Waals surface area contributed by atoms with Crippen LogP contribution in [0.15, 0.2) is 24.3 Å². The maximum atomic E-state index is 12.0. The van der Waals surface area contributed by atoms with E-state index in [4.69, 9.17) is 9.47 Å². The lowest BCUT2D eigenvalue weighted by molar-refractivity contribution is -0.274. The number of carbonyl (C=O) groups is 1. The summed E-state index contributed by atoms with van der Waals surface area (Å²) in [5.74, 6) is -0.579. The van der Waals surface area contributed by atoms with Crippen LogP contribution in [0.2, 0.25) is 0 Å². The average molecular weight is 278 g/mol. The summed E-state index contributed by atoms with van der Waals surface area (Å²) in [6.07, 6.45) is -5.80. The van der Waals surface area contributed by atoms with Gasteiger partial charge in [-0.2, -0.15) is 0 Å². The quantitative estimate of drug-likeness (QED) is 0.608. The molecule has 0 fully saturated rings. The van der Waals surface area contributed by atoms with E-state index in [9.17, 15) is 18.0 Å². The largest absolute Gasteiger partial charge is 0.573 e. The van der Waals surface area contributed by atoms with Crippen LogP contribution in [0.1, 0.15) is 20.8 Å². The minimum absolute atomic E-state index is 0.101. The standard InChI is InChI=1S/C12H13F3O4/c1-11(2,3)19-10(16)17-8-5-4-6-9(7-8)18-12(13,14)15/h4-7H,1-3H3. The SMILES string of the molecule is CC(C)(C)OC(=O)Oc1cccc(OC(F)(F)F)c1. The molecule has 0 aliphatic heterocycles. The molecule has 106 valence electrons. The molecule has 1 aromatic rings. The Morgan fingerprint density at radius 2 is 1.68 bits per heavy atom. The summed E-state index contributed by atoms with van der Waals surface area (Å²) in [6.45, 7) is 4.91. The first kappa shape index (κ1) is 15.1. The summed E-state index contributed by atoms with van der Waals surface area (Å²) in [6, 6.07) is 4.61. The van der Waals surface area contributed by atoms with Gasteiger partial charge >= 0.3 is 12.5 Å². The number of hydrogen-bond acceptors (Lipinski definition) is 4. The van der Waals surface area contributed by atoms with Crippen molar-refractivity contribution >= 4 is 6.16 Å². The summed E-state index contributed by atoms with van der Waals surface area (Å²) >= 11 is 0. The van der Waals surface area contributed by atoms with Gasteiger partial charge in [-0.15, -0.1) is 13.2 Å². The van der Waals surface area contributed by atoms with Gasteiger partial charge in [0.05, 0.1) is 0 Å². The minimum Gasteiger partial charge on any atom is -0.428 e. The molecule has 7 heteroatoms. The fourth-order valence-corrected chi connectivity index (χ4v) is 1.10. The van der Waals surface area contributed by atoms with Gasteiger partial charge in [-0.25, -0.2) is 4.79 Å². The topological polar surface area (TPSA) is 44.8 Å². The van der Waals surface area contributed by atoms with E-state index in [1.807, 2.05) is 0 Å². The van der Waals surface area contributed by atoms with Gasteiger partial charge in [0, 0.05) is 6.07 Å². The Balaban J connectivity index is 2.70. The van der Waals surface area contributed by atoms with Crippen molar-refractivity contribution in [1.29, 1.82) is 0 Å². The number of hydrogen-bond donors (Lipinski definition) is 0. The van der Waals surface area contributed by atoms with E-state index < -0.39 is 23.9 Å². The van der Waals surface area contributed by atoms with Gasteiger partial charge in [-0.1, -0.05) is 6.07 Å². The number of halogens is 3. The molecule has 0 unspecified atom stereocenters. The molecule has 0 spiro atoms. The highest BCUT2D eigenvalue weighted by Crippen LogP contribution is 2.26. The van der Waals surface area contributed by atoms with Crippen molar-refractivity contribution in [3.63, 3.8) is 0 Å². The third-order valence-corrected chi connectivity index (χ3v) is 1.63. The van der Waals surface area contributed by atoms with Crippen LogP contribution in [0, 0.1) is 0 Å². The molecule has 0 aliphatic carbocycles. The molecule has 0 saturated carbocycles.